The Morgan fingerprint density at radius 2 is 1.50 bits per heavy atom. The molecule has 5 heteroatoms. The molecule has 0 aliphatic rings. The van der Waals surface area contributed by atoms with Gasteiger partial charge in [0.25, 0.3) is 0 Å². The van der Waals surface area contributed by atoms with Crippen LogP contribution in [0, 0.1) is 23.3 Å². The van der Waals surface area contributed by atoms with Gasteiger partial charge in [-0.15, -0.1) is 11.6 Å². The second-order valence-corrected chi connectivity index (χ2v) is 4.37. The smallest absolute Gasteiger partial charge is 0.161 e. The van der Waals surface area contributed by atoms with Gasteiger partial charge in [-0.05, 0) is 35.4 Å². The standard InChI is InChI=1S/C15H9ClF4/c16-8-10(5-9-1-3-11(17)4-2-9)12-6-14(19)15(20)7-13(12)18/h1-7H,8H2. The number of halogens is 5. The predicted molar refractivity (Wildman–Crippen MR) is 71.3 cm³/mol. The van der Waals surface area contributed by atoms with Crippen molar-refractivity contribution in [1.82, 2.24) is 0 Å². The lowest BCUT2D eigenvalue weighted by Gasteiger charge is -2.07. The molecule has 0 bridgehead atoms. The van der Waals surface area contributed by atoms with Gasteiger partial charge < -0.3 is 0 Å². The highest BCUT2D eigenvalue weighted by Gasteiger charge is 2.13. The van der Waals surface area contributed by atoms with Gasteiger partial charge >= 0.3 is 0 Å². The lowest BCUT2D eigenvalue weighted by Crippen LogP contribution is -1.96. The molecule has 0 radical (unpaired) electrons. The first-order valence-corrected chi connectivity index (χ1v) is 6.21. The summed E-state index contributed by atoms with van der Waals surface area (Å²) in [5, 5.41) is 0. The lowest BCUT2D eigenvalue weighted by atomic mass is 10.0. The van der Waals surface area contributed by atoms with Gasteiger partial charge in [0.2, 0.25) is 0 Å². The van der Waals surface area contributed by atoms with Gasteiger partial charge in [-0.1, -0.05) is 12.1 Å². The Labute approximate surface area is 118 Å². The maximum Gasteiger partial charge on any atom is 0.161 e. The van der Waals surface area contributed by atoms with Gasteiger partial charge in [-0.3, -0.25) is 0 Å². The molecule has 0 aliphatic carbocycles. The SMILES string of the molecule is Fc1ccc(C=C(CCl)c2cc(F)c(F)cc2F)cc1. The third-order valence-electron chi connectivity index (χ3n) is 2.71. The molecule has 0 spiro atoms. The van der Waals surface area contributed by atoms with E-state index in [-0.39, 0.29) is 17.0 Å². The molecule has 104 valence electrons. The highest BCUT2D eigenvalue weighted by Crippen LogP contribution is 2.24. The van der Waals surface area contributed by atoms with Crippen LogP contribution in [0.1, 0.15) is 11.1 Å². The van der Waals surface area contributed by atoms with E-state index in [0.29, 0.717) is 11.6 Å². The highest BCUT2D eigenvalue weighted by atomic mass is 35.5. The van der Waals surface area contributed by atoms with E-state index >= 15 is 0 Å². The molecular formula is C15H9ClF4. The Morgan fingerprint density at radius 1 is 0.900 bits per heavy atom. The minimum Gasteiger partial charge on any atom is -0.207 e. The summed E-state index contributed by atoms with van der Waals surface area (Å²) in [4.78, 5) is 0. The summed E-state index contributed by atoms with van der Waals surface area (Å²) in [5.41, 5.74) is 0.726. The Morgan fingerprint density at radius 3 is 2.10 bits per heavy atom. The summed E-state index contributed by atoms with van der Waals surface area (Å²) in [6.45, 7) is 0. The first-order chi connectivity index (χ1) is 9.51. The van der Waals surface area contributed by atoms with Gasteiger partial charge in [-0.2, -0.15) is 0 Å². The molecular weight excluding hydrogens is 292 g/mol. The molecule has 0 unspecified atom stereocenters. The minimum absolute atomic E-state index is 0.0978. The number of rotatable bonds is 3. The van der Waals surface area contributed by atoms with Crippen LogP contribution in [0.15, 0.2) is 36.4 Å². The van der Waals surface area contributed by atoms with Crippen molar-refractivity contribution in [1.29, 1.82) is 0 Å². The average Bonchev–Trinajstić information content (AvgIpc) is 2.43. The lowest BCUT2D eigenvalue weighted by molar-refractivity contribution is 0.494. The molecule has 0 aromatic heterocycles. The van der Waals surface area contributed by atoms with E-state index < -0.39 is 23.3 Å². The number of allylic oxidation sites excluding steroid dienone is 1. The van der Waals surface area contributed by atoms with E-state index in [0.717, 1.165) is 6.07 Å². The molecule has 0 atom stereocenters. The van der Waals surface area contributed by atoms with Crippen molar-refractivity contribution < 1.29 is 17.6 Å². The van der Waals surface area contributed by atoms with Crippen molar-refractivity contribution in [3.05, 3.63) is 70.8 Å². The highest BCUT2D eigenvalue weighted by molar-refractivity contribution is 6.24. The van der Waals surface area contributed by atoms with Crippen molar-refractivity contribution in [2.45, 2.75) is 0 Å². The molecule has 0 N–H and O–H groups in total. The molecule has 2 rings (SSSR count). The van der Waals surface area contributed by atoms with E-state index in [2.05, 4.69) is 0 Å². The van der Waals surface area contributed by atoms with Crippen molar-refractivity contribution in [2.24, 2.45) is 0 Å². The normalized spacial score (nSPS) is 11.8. The van der Waals surface area contributed by atoms with Crippen molar-refractivity contribution in [3.63, 3.8) is 0 Å². The number of alkyl halides is 1. The third kappa shape index (κ3) is 3.20. The van der Waals surface area contributed by atoms with Crippen molar-refractivity contribution in [3.8, 4) is 0 Å². The fourth-order valence-corrected chi connectivity index (χ4v) is 1.94. The van der Waals surface area contributed by atoms with Gasteiger partial charge in [0.1, 0.15) is 11.6 Å². The van der Waals surface area contributed by atoms with Gasteiger partial charge in [0.05, 0.1) is 0 Å². The zero-order valence-electron chi connectivity index (χ0n) is 10.1. The van der Waals surface area contributed by atoms with Gasteiger partial charge in [-0.25, -0.2) is 17.6 Å². The van der Waals surface area contributed by atoms with Gasteiger partial charge in [0.15, 0.2) is 11.6 Å². The molecule has 0 heterocycles. The van der Waals surface area contributed by atoms with Crippen LogP contribution in [0.25, 0.3) is 11.6 Å². The first kappa shape index (κ1) is 14.6. The molecule has 0 nitrogen and oxygen atoms in total. The van der Waals surface area contributed by atoms with E-state index in [1.54, 1.807) is 0 Å². The largest absolute Gasteiger partial charge is 0.207 e. The van der Waals surface area contributed by atoms with Crippen LogP contribution in [0.4, 0.5) is 17.6 Å². The van der Waals surface area contributed by atoms with E-state index in [1.165, 1.54) is 30.3 Å². The van der Waals surface area contributed by atoms with Crippen LogP contribution < -0.4 is 0 Å². The topological polar surface area (TPSA) is 0 Å². The van der Waals surface area contributed by atoms with Crippen LogP contribution >= 0.6 is 11.6 Å². The summed E-state index contributed by atoms with van der Waals surface area (Å²) < 4.78 is 52.5. The maximum atomic E-state index is 13.7. The maximum absolute atomic E-state index is 13.7. The second-order valence-electron chi connectivity index (χ2n) is 4.10. The van der Waals surface area contributed by atoms with Crippen LogP contribution in [-0.2, 0) is 0 Å². The Balaban J connectivity index is 2.47. The second kappa shape index (κ2) is 6.09. The van der Waals surface area contributed by atoms with Crippen LogP contribution in [-0.4, -0.2) is 5.88 Å². The summed E-state index contributed by atoms with van der Waals surface area (Å²) >= 11 is 5.72. The van der Waals surface area contributed by atoms with Crippen molar-refractivity contribution >= 4 is 23.3 Å². The molecule has 0 saturated heterocycles. The van der Waals surface area contributed by atoms with E-state index in [4.69, 9.17) is 11.6 Å². The monoisotopic (exact) mass is 300 g/mol. The third-order valence-corrected chi connectivity index (χ3v) is 3.00. The van der Waals surface area contributed by atoms with Crippen LogP contribution in [0.3, 0.4) is 0 Å². The molecule has 0 aliphatic heterocycles. The number of hydrogen-bond acceptors (Lipinski definition) is 0. The Kier molecular flexibility index (Phi) is 4.45. The molecule has 20 heavy (non-hydrogen) atoms. The Hall–Kier alpha value is -1.81. The molecule has 0 saturated carbocycles. The summed E-state index contributed by atoms with van der Waals surface area (Å²) in [6.07, 6.45) is 1.49. The minimum atomic E-state index is -1.26. The number of benzene rings is 2. The van der Waals surface area contributed by atoms with Crippen LogP contribution in [0.5, 0.6) is 0 Å². The fraction of sp³-hybridized carbons (Fsp3) is 0.0667. The van der Waals surface area contributed by atoms with Crippen molar-refractivity contribution in [2.75, 3.05) is 5.88 Å². The molecule has 0 fully saturated rings. The molecule has 2 aromatic rings. The molecule has 2 aromatic carbocycles. The fourth-order valence-electron chi connectivity index (χ4n) is 1.72. The average molecular weight is 301 g/mol. The zero-order valence-corrected chi connectivity index (χ0v) is 10.9. The summed E-state index contributed by atoms with van der Waals surface area (Å²) in [6, 6.07) is 6.63. The predicted octanol–water partition coefficient (Wildman–Crippen LogP) is 5.02. The first-order valence-electron chi connectivity index (χ1n) is 5.68. The Bertz CT molecular complexity index is 648. The number of hydrogen-bond donors (Lipinski definition) is 0. The van der Waals surface area contributed by atoms with E-state index in [9.17, 15) is 17.6 Å². The van der Waals surface area contributed by atoms with Crippen LogP contribution in [0.2, 0.25) is 0 Å². The zero-order chi connectivity index (χ0) is 14.7. The summed E-state index contributed by atoms with van der Waals surface area (Å²) in [5.74, 6) is -3.83. The summed E-state index contributed by atoms with van der Waals surface area (Å²) in [7, 11) is 0. The molecule has 0 amide bonds. The van der Waals surface area contributed by atoms with E-state index in [1.807, 2.05) is 0 Å². The quantitative estimate of drug-likeness (QED) is 0.323. The van der Waals surface area contributed by atoms with Gasteiger partial charge in [0, 0.05) is 17.5 Å².